The summed E-state index contributed by atoms with van der Waals surface area (Å²) in [6, 6.07) is 25.3. The van der Waals surface area contributed by atoms with E-state index < -0.39 is 10.8 Å². The van der Waals surface area contributed by atoms with Crippen LogP contribution < -0.4 is 10.6 Å². The average molecular weight is 404 g/mol. The molecule has 29 heavy (non-hydrogen) atoms. The van der Waals surface area contributed by atoms with Crippen LogP contribution in [0.5, 0.6) is 0 Å². The normalized spacial score (nSPS) is 12.4. The number of nitrogens with zero attached hydrogens (tertiary/aromatic N) is 1. The third-order valence-corrected chi connectivity index (χ3v) is 5.77. The van der Waals surface area contributed by atoms with E-state index in [1.165, 1.54) is 0 Å². The van der Waals surface area contributed by atoms with Crippen LogP contribution in [-0.2, 0) is 16.6 Å². The van der Waals surface area contributed by atoms with Gasteiger partial charge in [0.25, 0.3) is 0 Å². The summed E-state index contributed by atoms with van der Waals surface area (Å²) in [6.45, 7) is 1.88. The lowest BCUT2D eigenvalue weighted by Crippen LogP contribution is -2.31. The second kappa shape index (κ2) is 9.67. The van der Waals surface area contributed by atoms with Crippen molar-refractivity contribution in [1.29, 1.82) is 5.26 Å². The zero-order valence-corrected chi connectivity index (χ0v) is 16.8. The van der Waals surface area contributed by atoms with Gasteiger partial charge in [-0.2, -0.15) is 5.26 Å². The number of rotatable bonds is 6. The minimum atomic E-state index is -1.14. The maximum absolute atomic E-state index is 12.5. The van der Waals surface area contributed by atoms with E-state index in [9.17, 15) is 9.00 Å². The SMILES string of the molecule is CC(NC(=O)Nc1cccc(CS(=O)c2ccccc2)c1)c1ccc(C#N)cc1. The lowest BCUT2D eigenvalue weighted by molar-refractivity contribution is 0.249. The molecular formula is C23H21N3O2S. The fourth-order valence-corrected chi connectivity index (χ4v) is 3.95. The zero-order valence-electron chi connectivity index (χ0n) is 16.0. The van der Waals surface area contributed by atoms with Crippen LogP contribution in [0.3, 0.4) is 0 Å². The maximum atomic E-state index is 12.5. The van der Waals surface area contributed by atoms with E-state index in [1.807, 2.05) is 67.6 Å². The fraction of sp³-hybridized carbons (Fsp3) is 0.130. The number of nitrogens with one attached hydrogen (secondary N) is 2. The Morgan fingerprint density at radius 1 is 1.03 bits per heavy atom. The van der Waals surface area contributed by atoms with Gasteiger partial charge in [0.05, 0.1) is 34.2 Å². The molecule has 2 amide bonds. The molecule has 0 fully saturated rings. The summed E-state index contributed by atoms with van der Waals surface area (Å²) in [5.74, 6) is 0.378. The minimum Gasteiger partial charge on any atom is -0.331 e. The topological polar surface area (TPSA) is 82.0 Å². The molecule has 0 bridgehead atoms. The van der Waals surface area contributed by atoms with Gasteiger partial charge in [0.15, 0.2) is 0 Å². The third-order valence-electron chi connectivity index (χ3n) is 4.38. The van der Waals surface area contributed by atoms with E-state index in [2.05, 4.69) is 16.7 Å². The van der Waals surface area contributed by atoms with Crippen molar-refractivity contribution in [3.8, 4) is 6.07 Å². The molecule has 0 spiro atoms. The quantitative estimate of drug-likeness (QED) is 0.623. The van der Waals surface area contributed by atoms with Crippen molar-refractivity contribution in [2.75, 3.05) is 5.32 Å². The van der Waals surface area contributed by atoms with Crippen LogP contribution in [0.2, 0.25) is 0 Å². The van der Waals surface area contributed by atoms with Crippen LogP contribution in [0.4, 0.5) is 10.5 Å². The maximum Gasteiger partial charge on any atom is 0.319 e. The van der Waals surface area contributed by atoms with E-state index in [0.29, 0.717) is 17.0 Å². The molecule has 0 aliphatic heterocycles. The fourth-order valence-electron chi connectivity index (χ4n) is 2.84. The Bertz CT molecular complexity index is 1040. The molecule has 2 atom stereocenters. The van der Waals surface area contributed by atoms with Crippen molar-refractivity contribution in [3.63, 3.8) is 0 Å². The molecule has 6 heteroatoms. The van der Waals surface area contributed by atoms with E-state index in [4.69, 9.17) is 5.26 Å². The van der Waals surface area contributed by atoms with Crippen molar-refractivity contribution in [2.24, 2.45) is 0 Å². The molecule has 0 radical (unpaired) electrons. The summed E-state index contributed by atoms with van der Waals surface area (Å²) in [7, 11) is -1.14. The van der Waals surface area contributed by atoms with Gasteiger partial charge in [-0.3, -0.25) is 4.21 Å². The van der Waals surface area contributed by atoms with Crippen LogP contribution in [0, 0.1) is 11.3 Å². The third kappa shape index (κ3) is 5.77. The Morgan fingerprint density at radius 3 is 2.45 bits per heavy atom. The molecular weight excluding hydrogens is 382 g/mol. The Morgan fingerprint density at radius 2 is 1.76 bits per heavy atom. The largest absolute Gasteiger partial charge is 0.331 e. The lowest BCUT2D eigenvalue weighted by Gasteiger charge is -2.15. The Hall–Kier alpha value is -3.43. The molecule has 3 aromatic carbocycles. The highest BCUT2D eigenvalue weighted by Gasteiger charge is 2.11. The summed E-state index contributed by atoms with van der Waals surface area (Å²) in [4.78, 5) is 13.1. The van der Waals surface area contributed by atoms with Gasteiger partial charge in [0, 0.05) is 10.6 Å². The number of hydrogen-bond donors (Lipinski definition) is 2. The van der Waals surface area contributed by atoms with Gasteiger partial charge in [-0.05, 0) is 54.4 Å². The molecule has 3 aromatic rings. The Labute approximate surface area is 172 Å². The number of urea groups is 1. The standard InChI is InChI=1S/C23H21N3O2S/c1-17(20-12-10-18(15-24)11-13-20)25-23(27)26-21-7-5-6-19(14-21)16-29(28)22-8-3-2-4-9-22/h2-14,17H,16H2,1H3,(H2,25,26,27). The first-order valence-electron chi connectivity index (χ1n) is 9.15. The zero-order chi connectivity index (χ0) is 20.6. The smallest absolute Gasteiger partial charge is 0.319 e. The second-order valence-corrected chi connectivity index (χ2v) is 8.01. The van der Waals surface area contributed by atoms with Crippen LogP contribution in [0.1, 0.15) is 29.7 Å². The van der Waals surface area contributed by atoms with Crippen molar-refractivity contribution in [2.45, 2.75) is 23.6 Å². The van der Waals surface area contributed by atoms with Gasteiger partial charge in [-0.25, -0.2) is 4.79 Å². The molecule has 146 valence electrons. The van der Waals surface area contributed by atoms with Crippen molar-refractivity contribution < 1.29 is 9.00 Å². The van der Waals surface area contributed by atoms with Gasteiger partial charge in [-0.1, -0.05) is 42.5 Å². The van der Waals surface area contributed by atoms with E-state index in [-0.39, 0.29) is 12.1 Å². The van der Waals surface area contributed by atoms with Crippen LogP contribution in [0.25, 0.3) is 0 Å². The highest BCUT2D eigenvalue weighted by atomic mass is 32.2. The number of hydrogen-bond acceptors (Lipinski definition) is 3. The van der Waals surface area contributed by atoms with Gasteiger partial charge < -0.3 is 10.6 Å². The lowest BCUT2D eigenvalue weighted by atomic mass is 10.1. The highest BCUT2D eigenvalue weighted by molar-refractivity contribution is 7.84. The summed E-state index contributed by atoms with van der Waals surface area (Å²) in [5, 5.41) is 14.6. The first kappa shape index (κ1) is 20.3. The molecule has 0 aromatic heterocycles. The van der Waals surface area contributed by atoms with Gasteiger partial charge >= 0.3 is 6.03 Å². The summed E-state index contributed by atoms with van der Waals surface area (Å²) < 4.78 is 12.5. The van der Waals surface area contributed by atoms with Crippen molar-refractivity contribution in [1.82, 2.24) is 5.32 Å². The average Bonchev–Trinajstić information content (AvgIpc) is 2.74. The molecule has 0 saturated heterocycles. The molecule has 0 saturated carbocycles. The molecule has 5 nitrogen and oxygen atoms in total. The number of amides is 2. The first-order valence-corrected chi connectivity index (χ1v) is 10.5. The predicted octanol–water partition coefficient (Wildman–Crippen LogP) is 4.75. The van der Waals surface area contributed by atoms with Crippen LogP contribution in [-0.4, -0.2) is 10.2 Å². The number of benzene rings is 3. The Kier molecular flexibility index (Phi) is 6.77. The number of anilines is 1. The summed E-state index contributed by atoms with van der Waals surface area (Å²) >= 11 is 0. The summed E-state index contributed by atoms with van der Waals surface area (Å²) in [5.41, 5.74) is 3.00. The first-order chi connectivity index (χ1) is 14.0. The van der Waals surface area contributed by atoms with E-state index >= 15 is 0 Å². The van der Waals surface area contributed by atoms with Crippen molar-refractivity contribution in [3.05, 3.63) is 95.6 Å². The molecule has 0 aliphatic carbocycles. The van der Waals surface area contributed by atoms with E-state index in [1.54, 1.807) is 18.2 Å². The van der Waals surface area contributed by atoms with Crippen molar-refractivity contribution >= 4 is 22.5 Å². The van der Waals surface area contributed by atoms with Gasteiger partial charge in [0.2, 0.25) is 0 Å². The van der Waals surface area contributed by atoms with Crippen LogP contribution in [0.15, 0.2) is 83.8 Å². The van der Waals surface area contributed by atoms with Crippen LogP contribution >= 0.6 is 0 Å². The molecule has 0 heterocycles. The van der Waals surface area contributed by atoms with E-state index in [0.717, 1.165) is 16.0 Å². The van der Waals surface area contributed by atoms with Gasteiger partial charge in [0.1, 0.15) is 0 Å². The molecule has 2 N–H and O–H groups in total. The number of carbonyl (C=O) groups excluding carboxylic acids is 1. The second-order valence-electron chi connectivity index (χ2n) is 6.56. The molecule has 0 aliphatic rings. The van der Waals surface area contributed by atoms with Gasteiger partial charge in [-0.15, -0.1) is 0 Å². The number of nitriles is 1. The Balaban J connectivity index is 1.59. The predicted molar refractivity (Wildman–Crippen MR) is 115 cm³/mol. The highest BCUT2D eigenvalue weighted by Crippen LogP contribution is 2.17. The number of carbonyl (C=O) groups is 1. The summed E-state index contributed by atoms with van der Waals surface area (Å²) in [6.07, 6.45) is 0. The molecule has 2 unspecified atom stereocenters. The minimum absolute atomic E-state index is 0.212. The molecule has 3 rings (SSSR count). The monoisotopic (exact) mass is 403 g/mol.